The number of carbonyl (C=O) groups excluding carboxylic acids is 2. The Balaban J connectivity index is 0.000000192. The summed E-state index contributed by atoms with van der Waals surface area (Å²) >= 11 is 0. The number of benzene rings is 4. The number of nitrogens with zero attached hydrogens (tertiary/aromatic N) is 4. The Hall–Kier alpha value is -5.86. The zero-order valence-electron chi connectivity index (χ0n) is 36.5. The molecule has 318 valence electrons. The average molecular weight is 817 g/mol. The molecule has 4 aromatic carbocycles. The molecule has 3 fully saturated rings. The molecule has 4 aliphatic rings. The largest absolute Gasteiger partial charge is 0.372 e. The molecule has 0 spiro atoms. The van der Waals surface area contributed by atoms with Gasteiger partial charge in [0.2, 0.25) is 0 Å². The minimum Gasteiger partial charge on any atom is -0.372 e. The number of nitrogens with one attached hydrogen (secondary N) is 2. The molecule has 0 aromatic heterocycles. The predicted octanol–water partition coefficient (Wildman–Crippen LogP) is 13.0. The molecule has 0 radical (unpaired) electrons. The summed E-state index contributed by atoms with van der Waals surface area (Å²) in [5.41, 5.74) is 9.34. The maximum Gasteiger partial charge on any atom is 0.255 e. The van der Waals surface area contributed by atoms with Crippen molar-refractivity contribution in [2.45, 2.75) is 122 Å². The van der Waals surface area contributed by atoms with E-state index < -0.39 is 0 Å². The van der Waals surface area contributed by atoms with Gasteiger partial charge in [-0.2, -0.15) is 10.5 Å². The van der Waals surface area contributed by atoms with Gasteiger partial charge in [-0.1, -0.05) is 69.9 Å². The Labute approximate surface area is 364 Å². The average Bonchev–Trinajstić information content (AvgIpc) is 3.33. The van der Waals surface area contributed by atoms with Gasteiger partial charge in [-0.25, -0.2) is 0 Å². The van der Waals surface area contributed by atoms with Gasteiger partial charge < -0.3 is 20.4 Å². The molecule has 2 aliphatic carbocycles. The highest BCUT2D eigenvalue weighted by atomic mass is 16.2. The Morgan fingerprint density at radius 2 is 1.11 bits per heavy atom. The van der Waals surface area contributed by atoms with E-state index >= 15 is 0 Å². The van der Waals surface area contributed by atoms with Crippen molar-refractivity contribution >= 4 is 40.1 Å². The van der Waals surface area contributed by atoms with Gasteiger partial charge in [-0.15, -0.1) is 0 Å². The van der Waals surface area contributed by atoms with Gasteiger partial charge in [0, 0.05) is 48.7 Å². The summed E-state index contributed by atoms with van der Waals surface area (Å²) in [6.45, 7) is 8.43. The molecule has 0 unspecified atom stereocenters. The second-order valence-corrected chi connectivity index (χ2v) is 16.9. The van der Waals surface area contributed by atoms with Gasteiger partial charge in [-0.3, -0.25) is 9.59 Å². The van der Waals surface area contributed by atoms with Crippen molar-refractivity contribution in [1.29, 1.82) is 10.5 Å². The molecular formula is C53H64N6O2. The molecule has 2 amide bonds. The number of nitriles is 2. The van der Waals surface area contributed by atoms with Crippen molar-refractivity contribution in [2.24, 2.45) is 0 Å². The van der Waals surface area contributed by atoms with E-state index in [-0.39, 0.29) is 11.8 Å². The first kappa shape index (κ1) is 44.7. The van der Waals surface area contributed by atoms with Gasteiger partial charge in [0.25, 0.3) is 11.8 Å². The molecule has 8 heteroatoms. The fourth-order valence-corrected chi connectivity index (χ4v) is 8.88. The van der Waals surface area contributed by atoms with Crippen molar-refractivity contribution in [3.63, 3.8) is 0 Å². The van der Waals surface area contributed by atoms with Gasteiger partial charge in [0.1, 0.15) is 12.1 Å². The van der Waals surface area contributed by atoms with Crippen LogP contribution < -0.4 is 20.4 Å². The lowest BCUT2D eigenvalue weighted by molar-refractivity contribution is 0.101. The summed E-state index contributed by atoms with van der Waals surface area (Å²) in [6, 6.07) is 31.7. The van der Waals surface area contributed by atoms with E-state index in [9.17, 15) is 20.1 Å². The van der Waals surface area contributed by atoms with Crippen LogP contribution in [0, 0.1) is 22.7 Å². The first-order valence-corrected chi connectivity index (χ1v) is 23.0. The Morgan fingerprint density at radius 1 is 0.607 bits per heavy atom. The smallest absolute Gasteiger partial charge is 0.255 e. The summed E-state index contributed by atoms with van der Waals surface area (Å²) in [5, 5.41) is 25.0. The molecule has 8 rings (SSSR count). The molecule has 2 N–H and O–H groups in total. The minimum atomic E-state index is -0.171. The number of hydrogen-bond acceptors (Lipinski definition) is 6. The molecule has 4 aromatic rings. The maximum absolute atomic E-state index is 13.0. The van der Waals surface area contributed by atoms with Crippen molar-refractivity contribution in [3.05, 3.63) is 124 Å². The van der Waals surface area contributed by atoms with Crippen LogP contribution >= 0.6 is 0 Å². The topological polar surface area (TPSA) is 112 Å². The van der Waals surface area contributed by atoms with E-state index in [1.807, 2.05) is 66.7 Å². The fraction of sp³-hybridized carbons (Fsp3) is 0.434. The molecule has 0 bridgehead atoms. The van der Waals surface area contributed by atoms with Crippen molar-refractivity contribution in [3.8, 4) is 12.1 Å². The van der Waals surface area contributed by atoms with E-state index in [1.165, 1.54) is 101 Å². The molecule has 8 nitrogen and oxygen atoms in total. The number of amides is 2. The van der Waals surface area contributed by atoms with Crippen LogP contribution in [0.4, 0.5) is 22.7 Å². The molecule has 1 saturated carbocycles. The van der Waals surface area contributed by atoms with Crippen molar-refractivity contribution in [1.82, 2.24) is 0 Å². The summed E-state index contributed by atoms with van der Waals surface area (Å²) in [5.74, 6) is 0.214. The highest BCUT2D eigenvalue weighted by molar-refractivity contribution is 6.06. The Morgan fingerprint density at radius 3 is 1.62 bits per heavy atom. The SMILES string of the molecule is CCC.N#Cc1ccc(C2=CCCCC2)cc1NC(=O)c1cccc(N2CCCCC2)c1.N#Cc1ccc(C2CCCCC2)cc1NC(=O)c1cccc(N2CCCCC2)c1. The van der Waals surface area contributed by atoms with Crippen LogP contribution in [-0.2, 0) is 0 Å². The van der Waals surface area contributed by atoms with E-state index in [4.69, 9.17) is 0 Å². The third-order valence-electron chi connectivity index (χ3n) is 12.2. The second kappa shape index (κ2) is 23.2. The normalized spacial score (nSPS) is 16.6. The van der Waals surface area contributed by atoms with Crippen LogP contribution in [0.5, 0.6) is 0 Å². The van der Waals surface area contributed by atoms with E-state index in [0.717, 1.165) is 56.0 Å². The van der Waals surface area contributed by atoms with E-state index in [0.29, 0.717) is 39.5 Å². The van der Waals surface area contributed by atoms with Gasteiger partial charge in [0.15, 0.2) is 0 Å². The zero-order chi connectivity index (χ0) is 42.8. The molecule has 2 saturated heterocycles. The summed E-state index contributed by atoms with van der Waals surface area (Å²) < 4.78 is 0. The van der Waals surface area contributed by atoms with Crippen molar-refractivity contribution in [2.75, 3.05) is 46.6 Å². The lowest BCUT2D eigenvalue weighted by Crippen LogP contribution is -2.29. The van der Waals surface area contributed by atoms with Crippen LogP contribution in [0.15, 0.2) is 91.0 Å². The first-order chi connectivity index (χ1) is 29.9. The van der Waals surface area contributed by atoms with E-state index in [2.05, 4.69) is 70.7 Å². The van der Waals surface area contributed by atoms with Crippen LogP contribution in [-0.4, -0.2) is 38.0 Å². The Kier molecular flexibility index (Phi) is 17.0. The molecule has 0 atom stereocenters. The third kappa shape index (κ3) is 12.6. The standard InChI is InChI=1S/C25H29N3O.C25H27N3O.C3H8/c2*26-18-22-13-12-20(19-8-3-1-4-9-19)17-24(22)27-25(29)21-10-7-11-23(16-21)28-14-5-2-6-15-28;1-3-2/h7,10-13,16-17,19H,1-6,8-9,14-15H2,(H,27,29);7-8,10-13,16-17H,1-6,9,14-15H2,(H,27,29);3H2,1-2H3. The fourth-order valence-electron chi connectivity index (χ4n) is 8.88. The Bertz CT molecular complexity index is 2190. The van der Waals surface area contributed by atoms with Crippen LogP contribution in [0.2, 0.25) is 0 Å². The number of rotatable bonds is 8. The van der Waals surface area contributed by atoms with Crippen LogP contribution in [0.3, 0.4) is 0 Å². The summed E-state index contributed by atoms with van der Waals surface area (Å²) in [7, 11) is 0. The number of hydrogen-bond donors (Lipinski definition) is 2. The molecular weight excluding hydrogens is 753 g/mol. The summed E-state index contributed by atoms with van der Waals surface area (Å²) in [6.07, 6.45) is 21.7. The quantitative estimate of drug-likeness (QED) is 0.183. The lowest BCUT2D eigenvalue weighted by atomic mass is 9.83. The third-order valence-corrected chi connectivity index (χ3v) is 12.2. The molecule has 2 heterocycles. The van der Waals surface area contributed by atoms with Gasteiger partial charge in [0.05, 0.1) is 22.5 Å². The first-order valence-electron chi connectivity index (χ1n) is 23.0. The monoisotopic (exact) mass is 817 g/mol. The highest BCUT2D eigenvalue weighted by Crippen LogP contribution is 2.35. The molecule has 61 heavy (non-hydrogen) atoms. The maximum atomic E-state index is 13.0. The number of allylic oxidation sites excluding steroid dienone is 2. The zero-order valence-corrected chi connectivity index (χ0v) is 36.5. The van der Waals surface area contributed by atoms with E-state index in [1.54, 1.807) is 0 Å². The van der Waals surface area contributed by atoms with Crippen LogP contribution in [0.1, 0.15) is 165 Å². The highest BCUT2D eigenvalue weighted by Gasteiger charge is 2.20. The number of carbonyl (C=O) groups is 2. The lowest BCUT2D eigenvalue weighted by Gasteiger charge is -2.29. The second-order valence-electron chi connectivity index (χ2n) is 16.9. The number of piperidine rings is 2. The minimum absolute atomic E-state index is 0.152. The van der Waals surface area contributed by atoms with Gasteiger partial charge >= 0.3 is 0 Å². The summed E-state index contributed by atoms with van der Waals surface area (Å²) in [4.78, 5) is 30.6. The number of anilines is 4. The van der Waals surface area contributed by atoms with Crippen LogP contribution in [0.25, 0.3) is 5.57 Å². The molecule has 2 aliphatic heterocycles. The predicted molar refractivity (Wildman–Crippen MR) is 251 cm³/mol. The van der Waals surface area contributed by atoms with Crippen molar-refractivity contribution < 1.29 is 9.59 Å². The van der Waals surface area contributed by atoms with Gasteiger partial charge in [-0.05, 0) is 160 Å².